The molecule has 1 aromatic heterocycles. The second-order valence-electron chi connectivity index (χ2n) is 6.07. The minimum absolute atomic E-state index is 0.175. The van der Waals surface area contributed by atoms with Crippen LogP contribution in [0.5, 0.6) is 0 Å². The first-order valence-corrected chi connectivity index (χ1v) is 7.89. The van der Waals surface area contributed by atoms with E-state index < -0.39 is 17.7 Å². The van der Waals surface area contributed by atoms with Gasteiger partial charge in [-0.1, -0.05) is 0 Å². The molecule has 2 heterocycles. The molecule has 1 aliphatic heterocycles. The number of ether oxygens (including phenoxy) is 1. The molecule has 1 fully saturated rings. The zero-order chi connectivity index (χ0) is 18.0. The van der Waals surface area contributed by atoms with Crippen molar-refractivity contribution in [2.24, 2.45) is 5.92 Å². The Labute approximate surface area is 142 Å². The number of carboxylic acid groups (broad SMARTS) is 1. The normalized spacial score (nSPS) is 16.1. The number of alkyl halides is 3. The molecule has 5 nitrogen and oxygen atoms in total. The van der Waals surface area contributed by atoms with Crippen molar-refractivity contribution in [1.82, 2.24) is 9.78 Å². The Bertz CT molecular complexity index is 765. The molecule has 1 aliphatic rings. The number of aromatic nitrogens is 2. The largest absolute Gasteiger partial charge is 0.478 e. The van der Waals surface area contributed by atoms with Crippen LogP contribution < -0.4 is 0 Å². The molecule has 0 spiro atoms. The van der Waals surface area contributed by atoms with Gasteiger partial charge in [0.15, 0.2) is 0 Å². The van der Waals surface area contributed by atoms with E-state index in [-0.39, 0.29) is 16.7 Å². The van der Waals surface area contributed by atoms with Crippen LogP contribution >= 0.6 is 0 Å². The predicted octanol–water partition coefficient (Wildman–Crippen LogP) is 3.69. The molecule has 0 unspecified atom stereocenters. The summed E-state index contributed by atoms with van der Waals surface area (Å²) in [5.74, 6) is -0.904. The van der Waals surface area contributed by atoms with E-state index in [4.69, 9.17) is 9.84 Å². The number of carbonyl (C=O) groups is 1. The van der Waals surface area contributed by atoms with Crippen molar-refractivity contribution in [2.75, 3.05) is 13.2 Å². The van der Waals surface area contributed by atoms with Gasteiger partial charge in [0.1, 0.15) is 0 Å². The van der Waals surface area contributed by atoms with E-state index in [1.165, 1.54) is 12.4 Å². The third-order valence-electron chi connectivity index (χ3n) is 4.30. The number of carboxylic acids is 1. The standard InChI is InChI=1S/C17H17F3N2O3/c18-17(19,20)15-2-1-12(16(23)24)7-14(15)13-8-21-22(10-13)9-11-3-5-25-6-4-11/h1-2,7-8,10-11H,3-6,9H2,(H,23,24). The van der Waals surface area contributed by atoms with Crippen molar-refractivity contribution in [2.45, 2.75) is 25.6 Å². The summed E-state index contributed by atoms with van der Waals surface area (Å²) in [4.78, 5) is 11.1. The Morgan fingerprint density at radius 2 is 2.04 bits per heavy atom. The molecular weight excluding hydrogens is 337 g/mol. The number of benzene rings is 1. The number of nitrogens with zero attached hydrogens (tertiary/aromatic N) is 2. The van der Waals surface area contributed by atoms with Crippen LogP contribution in [0.15, 0.2) is 30.6 Å². The lowest BCUT2D eigenvalue weighted by atomic mass is 9.99. The molecule has 0 amide bonds. The van der Waals surface area contributed by atoms with Crippen LogP contribution in [0.2, 0.25) is 0 Å². The van der Waals surface area contributed by atoms with Crippen LogP contribution in [-0.2, 0) is 17.5 Å². The van der Waals surface area contributed by atoms with Gasteiger partial charge in [-0.25, -0.2) is 4.79 Å². The van der Waals surface area contributed by atoms with Gasteiger partial charge in [0.05, 0.1) is 17.3 Å². The highest BCUT2D eigenvalue weighted by molar-refractivity contribution is 5.90. The number of halogens is 3. The minimum Gasteiger partial charge on any atom is -0.478 e. The highest BCUT2D eigenvalue weighted by atomic mass is 19.4. The lowest BCUT2D eigenvalue weighted by Crippen LogP contribution is -2.20. The van der Waals surface area contributed by atoms with Crippen LogP contribution in [0, 0.1) is 5.92 Å². The van der Waals surface area contributed by atoms with E-state index in [0.717, 1.165) is 31.0 Å². The SMILES string of the molecule is O=C(O)c1ccc(C(F)(F)F)c(-c2cnn(CC3CCOCC3)c2)c1. The minimum atomic E-state index is -4.57. The van der Waals surface area contributed by atoms with Crippen molar-refractivity contribution in [1.29, 1.82) is 0 Å². The molecule has 2 aromatic rings. The first-order chi connectivity index (χ1) is 11.8. The fraction of sp³-hybridized carbons (Fsp3) is 0.412. The predicted molar refractivity (Wildman–Crippen MR) is 83.2 cm³/mol. The Kier molecular flexibility index (Phi) is 4.80. The quantitative estimate of drug-likeness (QED) is 0.909. The monoisotopic (exact) mass is 354 g/mol. The molecule has 1 N–H and O–H groups in total. The molecule has 0 saturated carbocycles. The van der Waals surface area contributed by atoms with Crippen molar-refractivity contribution in [3.8, 4) is 11.1 Å². The molecule has 25 heavy (non-hydrogen) atoms. The molecule has 0 atom stereocenters. The Balaban J connectivity index is 1.92. The lowest BCUT2D eigenvalue weighted by Gasteiger charge is -2.21. The fourth-order valence-corrected chi connectivity index (χ4v) is 2.96. The van der Waals surface area contributed by atoms with E-state index in [9.17, 15) is 18.0 Å². The van der Waals surface area contributed by atoms with Crippen LogP contribution in [0.25, 0.3) is 11.1 Å². The average molecular weight is 354 g/mol. The third kappa shape index (κ3) is 4.01. The first kappa shape index (κ1) is 17.5. The highest BCUT2D eigenvalue weighted by Gasteiger charge is 2.34. The van der Waals surface area contributed by atoms with E-state index in [0.29, 0.717) is 25.7 Å². The zero-order valence-corrected chi connectivity index (χ0v) is 13.3. The molecule has 0 bridgehead atoms. The van der Waals surface area contributed by atoms with Gasteiger partial charge in [0.25, 0.3) is 0 Å². The average Bonchev–Trinajstić information content (AvgIpc) is 3.02. The maximum absolute atomic E-state index is 13.3. The summed E-state index contributed by atoms with van der Waals surface area (Å²) in [7, 11) is 0. The zero-order valence-electron chi connectivity index (χ0n) is 13.3. The molecule has 0 radical (unpaired) electrons. The van der Waals surface area contributed by atoms with Gasteiger partial charge in [-0.3, -0.25) is 4.68 Å². The van der Waals surface area contributed by atoms with Crippen molar-refractivity contribution < 1.29 is 27.8 Å². The first-order valence-electron chi connectivity index (χ1n) is 7.89. The fourth-order valence-electron chi connectivity index (χ4n) is 2.96. The summed E-state index contributed by atoms with van der Waals surface area (Å²) in [6, 6.07) is 2.80. The van der Waals surface area contributed by atoms with Crippen molar-refractivity contribution >= 4 is 5.97 Å². The van der Waals surface area contributed by atoms with Crippen molar-refractivity contribution in [3.05, 3.63) is 41.7 Å². The van der Waals surface area contributed by atoms with Crippen molar-refractivity contribution in [3.63, 3.8) is 0 Å². The number of hydrogen-bond donors (Lipinski definition) is 1. The summed E-state index contributed by atoms with van der Waals surface area (Å²) in [6.45, 7) is 1.96. The summed E-state index contributed by atoms with van der Waals surface area (Å²) >= 11 is 0. The molecule has 0 aliphatic carbocycles. The van der Waals surface area contributed by atoms with E-state index in [2.05, 4.69) is 5.10 Å². The van der Waals surface area contributed by atoms with Gasteiger partial charge in [-0.15, -0.1) is 0 Å². The van der Waals surface area contributed by atoms with E-state index in [1.807, 2.05) is 0 Å². The molecule has 134 valence electrons. The van der Waals surface area contributed by atoms with Crippen LogP contribution in [0.4, 0.5) is 13.2 Å². The van der Waals surface area contributed by atoms with Crippen LogP contribution in [0.3, 0.4) is 0 Å². The molecule has 1 aromatic carbocycles. The lowest BCUT2D eigenvalue weighted by molar-refractivity contribution is -0.137. The highest BCUT2D eigenvalue weighted by Crippen LogP contribution is 2.37. The second kappa shape index (κ2) is 6.87. The van der Waals surface area contributed by atoms with Gasteiger partial charge in [0, 0.05) is 31.5 Å². The number of aromatic carboxylic acids is 1. The van der Waals surface area contributed by atoms with Gasteiger partial charge < -0.3 is 9.84 Å². The molecule has 3 rings (SSSR count). The topological polar surface area (TPSA) is 64.3 Å². The van der Waals surface area contributed by atoms with E-state index >= 15 is 0 Å². The van der Waals surface area contributed by atoms with Gasteiger partial charge in [-0.05, 0) is 42.5 Å². The summed E-state index contributed by atoms with van der Waals surface area (Å²) in [6.07, 6.45) is 0.0748. The molecular formula is C17H17F3N2O3. The Morgan fingerprint density at radius 1 is 1.32 bits per heavy atom. The summed E-state index contributed by atoms with van der Waals surface area (Å²) < 4.78 is 46.7. The third-order valence-corrected chi connectivity index (χ3v) is 4.30. The second-order valence-corrected chi connectivity index (χ2v) is 6.07. The Hall–Kier alpha value is -2.35. The van der Waals surface area contributed by atoms with Gasteiger partial charge in [-0.2, -0.15) is 18.3 Å². The number of rotatable bonds is 4. The number of hydrogen-bond acceptors (Lipinski definition) is 3. The van der Waals surface area contributed by atoms with Gasteiger partial charge in [0.2, 0.25) is 0 Å². The Morgan fingerprint density at radius 3 is 2.68 bits per heavy atom. The van der Waals surface area contributed by atoms with Gasteiger partial charge >= 0.3 is 12.1 Å². The molecule has 8 heteroatoms. The summed E-state index contributed by atoms with van der Waals surface area (Å²) in [5.41, 5.74) is -0.989. The van der Waals surface area contributed by atoms with E-state index in [1.54, 1.807) is 4.68 Å². The maximum Gasteiger partial charge on any atom is 0.417 e. The smallest absolute Gasteiger partial charge is 0.417 e. The molecule has 1 saturated heterocycles. The van der Waals surface area contributed by atoms with Crippen LogP contribution in [-0.4, -0.2) is 34.1 Å². The van der Waals surface area contributed by atoms with Crippen LogP contribution in [0.1, 0.15) is 28.8 Å². The summed E-state index contributed by atoms with van der Waals surface area (Å²) in [5, 5.41) is 13.2. The maximum atomic E-state index is 13.3.